The van der Waals surface area contributed by atoms with Gasteiger partial charge in [0.15, 0.2) is 0 Å². The zero-order valence-electron chi connectivity index (χ0n) is 12.7. The molecule has 1 rings (SSSR count). The number of aliphatic hydroxyl groups is 1. The maximum absolute atomic E-state index is 12.4. The van der Waals surface area contributed by atoms with Crippen molar-refractivity contribution in [2.75, 3.05) is 13.2 Å². The van der Waals surface area contributed by atoms with Crippen molar-refractivity contribution >= 4 is 16.0 Å². The van der Waals surface area contributed by atoms with Crippen molar-refractivity contribution in [3.05, 3.63) is 17.0 Å². The minimum absolute atomic E-state index is 0.0254. The predicted molar refractivity (Wildman–Crippen MR) is 77.7 cm³/mol. The summed E-state index contributed by atoms with van der Waals surface area (Å²) in [5.74, 6) is -0.589. The molecule has 21 heavy (non-hydrogen) atoms. The van der Waals surface area contributed by atoms with Crippen molar-refractivity contribution in [1.82, 2.24) is 9.71 Å². The summed E-state index contributed by atoms with van der Waals surface area (Å²) in [7, 11) is -3.82. The number of hydrogen-bond acceptors (Lipinski definition) is 5. The van der Waals surface area contributed by atoms with Crippen LogP contribution in [-0.4, -0.2) is 43.7 Å². The van der Waals surface area contributed by atoms with Crippen LogP contribution in [0.1, 0.15) is 42.0 Å². The van der Waals surface area contributed by atoms with Gasteiger partial charge in [0.05, 0.1) is 13.2 Å². The first-order valence-electron chi connectivity index (χ1n) is 6.77. The van der Waals surface area contributed by atoms with Gasteiger partial charge in [-0.25, -0.2) is 17.9 Å². The molecule has 1 aromatic heterocycles. The van der Waals surface area contributed by atoms with Crippen molar-refractivity contribution in [3.63, 3.8) is 0 Å². The first kappa shape index (κ1) is 17.7. The Labute approximate surface area is 124 Å². The van der Waals surface area contributed by atoms with Crippen LogP contribution in [0.2, 0.25) is 0 Å². The number of esters is 1. The first-order valence-corrected chi connectivity index (χ1v) is 8.26. The molecule has 0 aliphatic rings. The number of carbonyl (C=O) groups is 1. The number of nitrogens with one attached hydrogen (secondary N) is 2. The molecule has 0 saturated carbocycles. The van der Waals surface area contributed by atoms with Crippen molar-refractivity contribution in [1.29, 1.82) is 0 Å². The van der Waals surface area contributed by atoms with E-state index in [0.29, 0.717) is 17.7 Å². The molecule has 0 aromatic carbocycles. The van der Waals surface area contributed by atoms with E-state index in [1.54, 1.807) is 27.7 Å². The molecule has 7 nitrogen and oxygen atoms in total. The Morgan fingerprint density at radius 3 is 2.48 bits per heavy atom. The predicted octanol–water partition coefficient (Wildman–Crippen LogP) is 0.857. The van der Waals surface area contributed by atoms with Gasteiger partial charge in [0.2, 0.25) is 10.0 Å². The molecule has 0 aliphatic carbocycles. The molecule has 0 fully saturated rings. The standard InChI is InChI=1S/C13H22N2O5S/c1-5-10(7-16)15-21(18,19)12-8(3)11(14-9(12)4)13(17)20-6-2/h10,14-16H,5-7H2,1-4H3/t10-/m1/s1. The lowest BCUT2D eigenvalue weighted by molar-refractivity contribution is 0.0519. The Morgan fingerprint density at radius 1 is 1.38 bits per heavy atom. The van der Waals surface area contributed by atoms with E-state index in [1.807, 2.05) is 0 Å². The molecule has 0 amide bonds. The summed E-state index contributed by atoms with van der Waals surface area (Å²) in [6.07, 6.45) is 0.461. The molecular weight excluding hydrogens is 296 g/mol. The summed E-state index contributed by atoms with van der Waals surface area (Å²) in [6.45, 7) is 6.48. The fourth-order valence-electron chi connectivity index (χ4n) is 2.07. The van der Waals surface area contributed by atoms with Crippen LogP contribution in [-0.2, 0) is 14.8 Å². The second-order valence-electron chi connectivity index (χ2n) is 4.71. The molecule has 0 radical (unpaired) electrons. The molecule has 0 bridgehead atoms. The van der Waals surface area contributed by atoms with Gasteiger partial charge in [0, 0.05) is 17.3 Å². The summed E-state index contributed by atoms with van der Waals surface area (Å²) in [5.41, 5.74) is 0.800. The lowest BCUT2D eigenvalue weighted by atomic mass is 10.2. The van der Waals surface area contributed by atoms with Crippen molar-refractivity contribution < 1.29 is 23.1 Å². The molecule has 8 heteroatoms. The highest BCUT2D eigenvalue weighted by molar-refractivity contribution is 7.89. The number of aryl methyl sites for hydroxylation is 1. The minimum atomic E-state index is -3.82. The van der Waals surface area contributed by atoms with Crippen LogP contribution in [0.4, 0.5) is 0 Å². The fourth-order valence-corrected chi connectivity index (χ4v) is 3.83. The van der Waals surface area contributed by atoms with Crippen LogP contribution in [0.25, 0.3) is 0 Å². The Hall–Kier alpha value is -1.38. The maximum Gasteiger partial charge on any atom is 0.355 e. The Balaban J connectivity index is 3.22. The van der Waals surface area contributed by atoms with Gasteiger partial charge in [0.1, 0.15) is 10.6 Å². The molecular formula is C13H22N2O5S. The van der Waals surface area contributed by atoms with Crippen molar-refractivity contribution in [2.45, 2.75) is 45.1 Å². The molecule has 0 spiro atoms. The molecule has 0 saturated heterocycles. The monoisotopic (exact) mass is 318 g/mol. The third-order valence-electron chi connectivity index (χ3n) is 3.15. The van der Waals surface area contributed by atoms with Crippen LogP contribution in [0, 0.1) is 13.8 Å². The number of carbonyl (C=O) groups excluding carboxylic acids is 1. The van der Waals surface area contributed by atoms with Crippen LogP contribution >= 0.6 is 0 Å². The van der Waals surface area contributed by atoms with Gasteiger partial charge in [-0.1, -0.05) is 6.92 Å². The molecule has 1 atom stereocenters. The second kappa shape index (κ2) is 7.06. The minimum Gasteiger partial charge on any atom is -0.461 e. The van der Waals surface area contributed by atoms with E-state index in [1.165, 1.54) is 0 Å². The van der Waals surface area contributed by atoms with E-state index < -0.39 is 22.0 Å². The van der Waals surface area contributed by atoms with Gasteiger partial charge in [-0.05, 0) is 27.2 Å². The third kappa shape index (κ3) is 3.84. The third-order valence-corrected chi connectivity index (χ3v) is 4.95. The highest BCUT2D eigenvalue weighted by Gasteiger charge is 2.28. The maximum atomic E-state index is 12.4. The second-order valence-corrected chi connectivity index (χ2v) is 6.36. The Morgan fingerprint density at radius 2 is 2.00 bits per heavy atom. The topological polar surface area (TPSA) is 108 Å². The summed E-state index contributed by atoms with van der Waals surface area (Å²) in [6, 6.07) is -0.560. The van der Waals surface area contributed by atoms with E-state index in [4.69, 9.17) is 9.84 Å². The van der Waals surface area contributed by atoms with Crippen molar-refractivity contribution in [2.24, 2.45) is 0 Å². The number of aliphatic hydroxyl groups excluding tert-OH is 1. The van der Waals surface area contributed by atoms with Crippen LogP contribution in [0.3, 0.4) is 0 Å². The van der Waals surface area contributed by atoms with E-state index in [-0.39, 0.29) is 23.8 Å². The van der Waals surface area contributed by atoms with Crippen LogP contribution in [0.15, 0.2) is 4.90 Å². The molecule has 1 heterocycles. The fraction of sp³-hybridized carbons (Fsp3) is 0.615. The number of H-pyrrole nitrogens is 1. The van der Waals surface area contributed by atoms with E-state index in [0.717, 1.165) is 0 Å². The zero-order chi connectivity index (χ0) is 16.2. The smallest absolute Gasteiger partial charge is 0.355 e. The zero-order valence-corrected chi connectivity index (χ0v) is 13.5. The van der Waals surface area contributed by atoms with E-state index in [9.17, 15) is 13.2 Å². The Bertz CT molecular complexity index is 602. The van der Waals surface area contributed by atoms with Gasteiger partial charge < -0.3 is 14.8 Å². The SMILES string of the molecule is CCOC(=O)c1[nH]c(C)c(S(=O)(=O)N[C@H](CC)CO)c1C. The normalized spacial score (nSPS) is 13.2. The first-order chi connectivity index (χ1) is 9.78. The summed E-state index contributed by atoms with van der Waals surface area (Å²) >= 11 is 0. The number of rotatable bonds is 7. The number of hydrogen-bond donors (Lipinski definition) is 3. The van der Waals surface area contributed by atoms with E-state index in [2.05, 4.69) is 9.71 Å². The van der Waals surface area contributed by atoms with Crippen molar-refractivity contribution in [3.8, 4) is 0 Å². The molecule has 0 aliphatic heterocycles. The highest BCUT2D eigenvalue weighted by Crippen LogP contribution is 2.24. The number of aromatic nitrogens is 1. The van der Waals surface area contributed by atoms with Crippen LogP contribution in [0.5, 0.6) is 0 Å². The highest BCUT2D eigenvalue weighted by atomic mass is 32.2. The van der Waals surface area contributed by atoms with Gasteiger partial charge in [-0.3, -0.25) is 0 Å². The average Bonchev–Trinajstić information content (AvgIpc) is 2.72. The van der Waals surface area contributed by atoms with E-state index >= 15 is 0 Å². The lowest BCUT2D eigenvalue weighted by Crippen LogP contribution is -2.37. The Kier molecular flexibility index (Phi) is 5.94. The molecule has 120 valence electrons. The van der Waals surface area contributed by atoms with Gasteiger partial charge in [-0.2, -0.15) is 0 Å². The quantitative estimate of drug-likeness (QED) is 0.646. The van der Waals surface area contributed by atoms with Gasteiger partial charge in [0.25, 0.3) is 0 Å². The number of ether oxygens (including phenoxy) is 1. The number of aromatic amines is 1. The van der Waals surface area contributed by atoms with Crippen LogP contribution < -0.4 is 4.72 Å². The summed E-state index contributed by atoms with van der Waals surface area (Å²) < 4.78 is 32.1. The molecule has 3 N–H and O–H groups in total. The summed E-state index contributed by atoms with van der Waals surface area (Å²) in [4.78, 5) is 14.6. The lowest BCUT2D eigenvalue weighted by Gasteiger charge is -2.14. The number of sulfonamides is 1. The van der Waals surface area contributed by atoms with Gasteiger partial charge >= 0.3 is 5.97 Å². The largest absolute Gasteiger partial charge is 0.461 e. The average molecular weight is 318 g/mol. The molecule has 1 aromatic rings. The molecule has 0 unspecified atom stereocenters. The van der Waals surface area contributed by atoms with Gasteiger partial charge in [-0.15, -0.1) is 0 Å². The summed E-state index contributed by atoms with van der Waals surface area (Å²) in [5, 5.41) is 9.13.